The Balaban J connectivity index is 1.42. The second-order valence-electron chi connectivity index (χ2n) is 11.8. The number of allylic oxidation sites excluding steroid dienone is 4. The first kappa shape index (κ1) is 22.2. The van der Waals surface area contributed by atoms with Gasteiger partial charge in [0, 0.05) is 18.8 Å². The molecule has 0 spiro atoms. The van der Waals surface area contributed by atoms with Crippen molar-refractivity contribution in [3.05, 3.63) is 23.5 Å². The maximum absolute atomic E-state index is 12.9. The lowest BCUT2D eigenvalue weighted by Crippen LogP contribution is -2.58. The van der Waals surface area contributed by atoms with Crippen molar-refractivity contribution in [2.24, 2.45) is 28.6 Å². The van der Waals surface area contributed by atoms with Crippen molar-refractivity contribution in [3.8, 4) is 0 Å². The average Bonchev–Trinajstić information content (AvgIpc) is 3.34. The smallest absolute Gasteiger partial charge is 0.303 e. The summed E-state index contributed by atoms with van der Waals surface area (Å²) < 4.78 is 12.3. The van der Waals surface area contributed by atoms with Gasteiger partial charge in [-0.3, -0.25) is 9.59 Å². The molecule has 0 bridgehead atoms. The highest BCUT2D eigenvalue weighted by molar-refractivity contribution is 5.89. The molecule has 0 unspecified atom stereocenters. The Morgan fingerprint density at radius 1 is 0.969 bits per heavy atom. The molecular weight excluding hydrogens is 400 g/mol. The number of esters is 1. The van der Waals surface area contributed by atoms with Gasteiger partial charge in [-0.15, -0.1) is 0 Å². The minimum Gasteiger partial charge on any atom is -0.495 e. The molecular formula is C28H40O4. The van der Waals surface area contributed by atoms with Gasteiger partial charge < -0.3 is 9.47 Å². The van der Waals surface area contributed by atoms with Crippen LogP contribution in [0.5, 0.6) is 0 Å². The summed E-state index contributed by atoms with van der Waals surface area (Å²) in [5, 5.41) is 0. The average molecular weight is 441 g/mol. The number of fused-ring (bicyclic) bond motifs is 5. The molecule has 0 aromatic heterocycles. The molecule has 0 saturated heterocycles. The van der Waals surface area contributed by atoms with E-state index in [1.165, 1.54) is 43.9 Å². The molecule has 3 saturated carbocycles. The summed E-state index contributed by atoms with van der Waals surface area (Å²) in [5.74, 6) is 2.53. The summed E-state index contributed by atoms with van der Waals surface area (Å²) >= 11 is 0. The molecule has 0 amide bonds. The molecule has 3 fully saturated rings. The van der Waals surface area contributed by atoms with Crippen molar-refractivity contribution in [2.45, 2.75) is 110 Å². The number of carbonyl (C=O) groups is 2. The second-order valence-corrected chi connectivity index (χ2v) is 11.8. The van der Waals surface area contributed by atoms with Gasteiger partial charge >= 0.3 is 5.97 Å². The van der Waals surface area contributed by atoms with Crippen LogP contribution in [-0.2, 0) is 19.1 Å². The molecule has 0 aliphatic heterocycles. The summed E-state index contributed by atoms with van der Waals surface area (Å²) in [6.07, 6.45) is 17.3. The third kappa shape index (κ3) is 3.15. The van der Waals surface area contributed by atoms with Gasteiger partial charge in [0.1, 0.15) is 0 Å². The number of ether oxygens (including phenoxy) is 2. The molecule has 5 rings (SSSR count). The van der Waals surface area contributed by atoms with E-state index in [9.17, 15) is 9.59 Å². The second kappa shape index (κ2) is 7.74. The van der Waals surface area contributed by atoms with E-state index in [1.807, 2.05) is 0 Å². The van der Waals surface area contributed by atoms with E-state index in [0.29, 0.717) is 30.3 Å². The Bertz CT molecular complexity index is 865. The first-order valence-corrected chi connectivity index (χ1v) is 13.0. The monoisotopic (exact) mass is 440 g/mol. The van der Waals surface area contributed by atoms with Crippen LogP contribution in [0.2, 0.25) is 0 Å². The van der Waals surface area contributed by atoms with Crippen LogP contribution in [0, 0.1) is 28.6 Å². The third-order valence-corrected chi connectivity index (χ3v) is 10.4. The van der Waals surface area contributed by atoms with E-state index in [0.717, 1.165) is 38.5 Å². The largest absolute Gasteiger partial charge is 0.495 e. The lowest BCUT2D eigenvalue weighted by atomic mass is 9.47. The summed E-state index contributed by atoms with van der Waals surface area (Å²) in [6, 6.07) is 0. The van der Waals surface area contributed by atoms with Gasteiger partial charge in [0.2, 0.25) is 0 Å². The molecule has 0 heterocycles. The summed E-state index contributed by atoms with van der Waals surface area (Å²) in [6.45, 7) is 7.78. The minimum atomic E-state index is -0.936. The number of carbonyl (C=O) groups excluding carboxylic acids is 2. The van der Waals surface area contributed by atoms with E-state index in [2.05, 4.69) is 26.0 Å². The highest BCUT2D eigenvalue weighted by Crippen LogP contribution is 2.67. The molecule has 0 N–H and O–H groups in total. The van der Waals surface area contributed by atoms with Crippen LogP contribution >= 0.6 is 0 Å². The van der Waals surface area contributed by atoms with Gasteiger partial charge in [0.05, 0.1) is 11.9 Å². The predicted octanol–water partition coefficient (Wildman–Crippen LogP) is 6.29. The normalized spacial score (nSPS) is 43.4. The Hall–Kier alpha value is -1.58. The zero-order valence-corrected chi connectivity index (χ0v) is 20.4. The molecule has 0 radical (unpaired) electrons. The fraction of sp³-hybridized carbons (Fsp3) is 0.786. The number of Topliss-reactive ketones (excluding diaryl/α,β-unsaturated/α-hetero) is 1. The SMILES string of the molecule is CC(=O)O[C@@]1(C(C)=O)CC[C@@H]2[C@H]3CC=C4C=C(OC5CCCC5)CC[C@]4(C)[C@@H]3CC[C@@]21C. The fourth-order valence-electron chi connectivity index (χ4n) is 8.67. The molecule has 6 atom stereocenters. The van der Waals surface area contributed by atoms with Crippen LogP contribution in [-0.4, -0.2) is 23.5 Å². The third-order valence-electron chi connectivity index (χ3n) is 10.4. The van der Waals surface area contributed by atoms with Gasteiger partial charge in [-0.05, 0) is 106 Å². The fourth-order valence-corrected chi connectivity index (χ4v) is 8.67. The van der Waals surface area contributed by atoms with Gasteiger partial charge in [-0.1, -0.05) is 19.9 Å². The maximum Gasteiger partial charge on any atom is 0.303 e. The Labute approximate surface area is 193 Å². The Morgan fingerprint density at radius 3 is 2.38 bits per heavy atom. The van der Waals surface area contributed by atoms with Crippen LogP contribution in [0.4, 0.5) is 0 Å². The van der Waals surface area contributed by atoms with Gasteiger partial charge in [0.25, 0.3) is 0 Å². The number of rotatable bonds is 4. The van der Waals surface area contributed by atoms with Crippen molar-refractivity contribution in [2.75, 3.05) is 0 Å². The van der Waals surface area contributed by atoms with Crippen LogP contribution in [0.15, 0.2) is 23.5 Å². The van der Waals surface area contributed by atoms with Gasteiger partial charge in [-0.2, -0.15) is 0 Å². The van der Waals surface area contributed by atoms with Crippen molar-refractivity contribution in [1.29, 1.82) is 0 Å². The summed E-state index contributed by atoms with van der Waals surface area (Å²) in [7, 11) is 0. The maximum atomic E-state index is 12.9. The lowest BCUT2D eigenvalue weighted by molar-refractivity contribution is -0.186. The lowest BCUT2D eigenvalue weighted by Gasteiger charge is -2.58. The molecule has 5 aliphatic carbocycles. The van der Waals surface area contributed by atoms with E-state index in [4.69, 9.17) is 9.47 Å². The van der Waals surface area contributed by atoms with Crippen LogP contribution in [0.1, 0.15) is 98.3 Å². The molecule has 0 aromatic carbocycles. The highest BCUT2D eigenvalue weighted by Gasteiger charge is 2.67. The minimum absolute atomic E-state index is 0.0312. The quantitative estimate of drug-likeness (QED) is 0.482. The van der Waals surface area contributed by atoms with E-state index in [-0.39, 0.29) is 22.6 Å². The predicted molar refractivity (Wildman–Crippen MR) is 124 cm³/mol. The first-order chi connectivity index (χ1) is 15.2. The molecule has 32 heavy (non-hydrogen) atoms. The Kier molecular flexibility index (Phi) is 5.37. The van der Waals surface area contributed by atoms with Crippen molar-refractivity contribution in [3.63, 3.8) is 0 Å². The summed E-state index contributed by atoms with van der Waals surface area (Å²) in [5.41, 5.74) is 0.482. The van der Waals surface area contributed by atoms with Crippen molar-refractivity contribution < 1.29 is 19.1 Å². The molecule has 4 heteroatoms. The van der Waals surface area contributed by atoms with Crippen LogP contribution < -0.4 is 0 Å². The molecule has 4 nitrogen and oxygen atoms in total. The zero-order chi connectivity index (χ0) is 22.7. The number of hydrogen-bond donors (Lipinski definition) is 0. The number of ketones is 1. The molecule has 5 aliphatic rings. The standard InChI is InChI=1S/C28H40O4/c1-18(29)28(32-19(2)30)16-13-25-23-10-9-20-17-22(31-21-7-5-6-8-21)11-14-26(20,3)24(23)12-15-27(25,28)4/h9,17,21,23-25H,5-8,10-16H2,1-4H3/t23-,24+,25+,26-,27-,28+/m0/s1. The van der Waals surface area contributed by atoms with Gasteiger partial charge in [0.15, 0.2) is 11.4 Å². The van der Waals surface area contributed by atoms with Crippen molar-refractivity contribution in [1.82, 2.24) is 0 Å². The van der Waals surface area contributed by atoms with Crippen molar-refractivity contribution >= 4 is 11.8 Å². The van der Waals surface area contributed by atoms with E-state index < -0.39 is 5.60 Å². The topological polar surface area (TPSA) is 52.6 Å². The first-order valence-electron chi connectivity index (χ1n) is 13.0. The molecule has 176 valence electrons. The Morgan fingerprint density at radius 2 is 1.69 bits per heavy atom. The number of hydrogen-bond acceptors (Lipinski definition) is 4. The molecule has 0 aromatic rings. The van der Waals surface area contributed by atoms with E-state index >= 15 is 0 Å². The zero-order valence-electron chi connectivity index (χ0n) is 20.4. The van der Waals surface area contributed by atoms with Crippen LogP contribution in [0.3, 0.4) is 0 Å². The van der Waals surface area contributed by atoms with E-state index in [1.54, 1.807) is 6.92 Å². The van der Waals surface area contributed by atoms with Crippen LogP contribution in [0.25, 0.3) is 0 Å². The summed E-state index contributed by atoms with van der Waals surface area (Å²) in [4.78, 5) is 24.9. The van der Waals surface area contributed by atoms with Gasteiger partial charge in [-0.25, -0.2) is 0 Å². The highest BCUT2D eigenvalue weighted by atomic mass is 16.6.